The normalized spacial score (nSPS) is 33.0. The molecule has 0 aromatic carbocycles. The van der Waals surface area contributed by atoms with Crippen molar-refractivity contribution in [3.8, 4) is 0 Å². The summed E-state index contributed by atoms with van der Waals surface area (Å²) < 4.78 is 36.3. The Kier molecular flexibility index (Phi) is 3.22. The van der Waals surface area contributed by atoms with Crippen LogP contribution in [0.2, 0.25) is 0 Å². The molecule has 0 aromatic heterocycles. The Morgan fingerprint density at radius 3 is 2.38 bits per heavy atom. The van der Waals surface area contributed by atoms with Gasteiger partial charge in [0, 0.05) is 0 Å². The quantitative estimate of drug-likeness (QED) is 0.683. The van der Waals surface area contributed by atoms with Crippen LogP contribution in [0.25, 0.3) is 0 Å². The summed E-state index contributed by atoms with van der Waals surface area (Å²) in [5, 5.41) is 9.00. The number of halogens is 3. The third-order valence-corrected chi connectivity index (χ3v) is 2.76. The van der Waals surface area contributed by atoms with E-state index in [9.17, 15) is 13.2 Å². The van der Waals surface area contributed by atoms with Crippen LogP contribution in [0, 0.1) is 11.8 Å². The Hall–Kier alpha value is -0.250. The maximum Gasteiger partial charge on any atom is 0.414 e. The number of rotatable bonds is 1. The first-order chi connectivity index (χ1) is 5.91. The van der Waals surface area contributed by atoms with E-state index in [1.165, 1.54) is 0 Å². The molecule has 4 heteroatoms. The van der Waals surface area contributed by atoms with E-state index in [0.29, 0.717) is 18.8 Å². The molecule has 1 nitrogen and oxygen atoms in total. The summed E-state index contributed by atoms with van der Waals surface area (Å²) in [4.78, 5) is 0. The lowest BCUT2D eigenvalue weighted by Gasteiger charge is -2.31. The molecular weight excluding hydrogens is 181 g/mol. The van der Waals surface area contributed by atoms with Crippen LogP contribution in [0.4, 0.5) is 13.2 Å². The van der Waals surface area contributed by atoms with E-state index in [4.69, 9.17) is 5.11 Å². The molecule has 1 fully saturated rings. The van der Waals surface area contributed by atoms with Gasteiger partial charge in [0.25, 0.3) is 0 Å². The molecule has 13 heavy (non-hydrogen) atoms. The van der Waals surface area contributed by atoms with E-state index in [-0.39, 0.29) is 0 Å². The van der Waals surface area contributed by atoms with Crippen molar-refractivity contribution in [1.82, 2.24) is 0 Å². The predicted octanol–water partition coefficient (Wildman–Crippen LogP) is 2.74. The van der Waals surface area contributed by atoms with Gasteiger partial charge in [-0.2, -0.15) is 13.2 Å². The molecule has 1 aliphatic carbocycles. The SMILES string of the molecule is CC1CCCC([C@H](O)C(F)(F)F)C1. The molecule has 1 rings (SSSR count). The Morgan fingerprint density at radius 2 is 1.92 bits per heavy atom. The minimum absolute atomic E-state index is 0.316. The van der Waals surface area contributed by atoms with E-state index in [2.05, 4.69) is 0 Å². The first-order valence-corrected chi connectivity index (χ1v) is 4.66. The van der Waals surface area contributed by atoms with Gasteiger partial charge in [0.1, 0.15) is 0 Å². The van der Waals surface area contributed by atoms with Gasteiger partial charge in [-0.05, 0) is 24.7 Å². The van der Waals surface area contributed by atoms with Crippen molar-refractivity contribution in [3.05, 3.63) is 0 Å². The van der Waals surface area contributed by atoms with Crippen molar-refractivity contribution in [2.24, 2.45) is 11.8 Å². The molecule has 3 atom stereocenters. The molecule has 0 bridgehead atoms. The van der Waals surface area contributed by atoms with Gasteiger partial charge < -0.3 is 5.11 Å². The third kappa shape index (κ3) is 2.86. The van der Waals surface area contributed by atoms with Gasteiger partial charge in [-0.1, -0.05) is 19.8 Å². The highest BCUT2D eigenvalue weighted by atomic mass is 19.4. The zero-order valence-corrected chi connectivity index (χ0v) is 7.64. The first kappa shape index (κ1) is 10.8. The molecule has 0 saturated heterocycles. The summed E-state index contributed by atoms with van der Waals surface area (Å²) in [6.45, 7) is 1.94. The van der Waals surface area contributed by atoms with Gasteiger partial charge in [-0.3, -0.25) is 0 Å². The predicted molar refractivity (Wildman–Crippen MR) is 43.2 cm³/mol. The molecule has 0 radical (unpaired) electrons. The highest BCUT2D eigenvalue weighted by molar-refractivity contribution is 4.80. The lowest BCUT2D eigenvalue weighted by atomic mass is 9.79. The molecule has 2 unspecified atom stereocenters. The minimum Gasteiger partial charge on any atom is -0.383 e. The van der Waals surface area contributed by atoms with Crippen LogP contribution in [0.3, 0.4) is 0 Å². The van der Waals surface area contributed by atoms with Crippen molar-refractivity contribution >= 4 is 0 Å². The zero-order chi connectivity index (χ0) is 10.1. The summed E-state index contributed by atoms with van der Waals surface area (Å²) in [7, 11) is 0. The zero-order valence-electron chi connectivity index (χ0n) is 7.64. The second-order valence-electron chi connectivity index (χ2n) is 4.02. The van der Waals surface area contributed by atoms with Crippen LogP contribution in [0.15, 0.2) is 0 Å². The summed E-state index contributed by atoms with van der Waals surface area (Å²) >= 11 is 0. The van der Waals surface area contributed by atoms with Crippen LogP contribution < -0.4 is 0 Å². The third-order valence-electron chi connectivity index (χ3n) is 2.76. The highest BCUT2D eigenvalue weighted by Crippen LogP contribution is 2.36. The smallest absolute Gasteiger partial charge is 0.383 e. The molecule has 0 spiro atoms. The van der Waals surface area contributed by atoms with Gasteiger partial charge in [-0.15, -0.1) is 0 Å². The molecule has 1 N–H and O–H groups in total. The maximum absolute atomic E-state index is 12.1. The van der Waals surface area contributed by atoms with Gasteiger partial charge in [0.05, 0.1) is 0 Å². The molecular formula is C9H15F3O. The molecule has 78 valence electrons. The van der Waals surface area contributed by atoms with Gasteiger partial charge >= 0.3 is 6.18 Å². The molecule has 0 amide bonds. The van der Waals surface area contributed by atoms with Crippen LogP contribution in [0.1, 0.15) is 32.6 Å². The summed E-state index contributed by atoms with van der Waals surface area (Å²) in [6.07, 6.45) is -3.76. The largest absolute Gasteiger partial charge is 0.414 e. The van der Waals surface area contributed by atoms with E-state index < -0.39 is 18.2 Å². The van der Waals surface area contributed by atoms with Crippen LogP contribution in [0.5, 0.6) is 0 Å². The number of aliphatic hydroxyl groups excluding tert-OH is 1. The van der Waals surface area contributed by atoms with E-state index in [1.54, 1.807) is 0 Å². The van der Waals surface area contributed by atoms with Crippen LogP contribution >= 0.6 is 0 Å². The fraction of sp³-hybridized carbons (Fsp3) is 1.00. The summed E-state index contributed by atoms with van der Waals surface area (Å²) in [6, 6.07) is 0. The van der Waals surface area contributed by atoms with Crippen LogP contribution in [-0.4, -0.2) is 17.4 Å². The lowest BCUT2D eigenvalue weighted by Crippen LogP contribution is -2.38. The number of hydrogen-bond acceptors (Lipinski definition) is 1. The van der Waals surface area contributed by atoms with E-state index in [1.807, 2.05) is 6.92 Å². The van der Waals surface area contributed by atoms with Crippen molar-refractivity contribution in [1.29, 1.82) is 0 Å². The summed E-state index contributed by atoms with van der Waals surface area (Å²) in [5.41, 5.74) is 0. The van der Waals surface area contributed by atoms with Gasteiger partial charge in [-0.25, -0.2) is 0 Å². The van der Waals surface area contributed by atoms with E-state index in [0.717, 1.165) is 12.8 Å². The molecule has 0 aromatic rings. The van der Waals surface area contributed by atoms with Gasteiger partial charge in [0.2, 0.25) is 0 Å². The monoisotopic (exact) mass is 196 g/mol. The Labute approximate surface area is 75.9 Å². The molecule has 0 heterocycles. The fourth-order valence-electron chi connectivity index (χ4n) is 2.04. The first-order valence-electron chi connectivity index (χ1n) is 4.66. The Morgan fingerprint density at radius 1 is 1.31 bits per heavy atom. The minimum atomic E-state index is -4.44. The molecule has 1 aliphatic rings. The highest BCUT2D eigenvalue weighted by Gasteiger charge is 2.44. The van der Waals surface area contributed by atoms with E-state index >= 15 is 0 Å². The average Bonchev–Trinajstić information content (AvgIpc) is 2.01. The topological polar surface area (TPSA) is 20.2 Å². The second kappa shape index (κ2) is 3.86. The number of aliphatic hydroxyl groups is 1. The molecule has 0 aliphatic heterocycles. The van der Waals surface area contributed by atoms with Gasteiger partial charge in [0.15, 0.2) is 6.10 Å². The second-order valence-corrected chi connectivity index (χ2v) is 4.02. The standard InChI is InChI=1S/C9H15F3O/c1-6-3-2-4-7(5-6)8(13)9(10,11)12/h6-8,13H,2-5H2,1H3/t6?,7?,8-/m0/s1. The fourth-order valence-corrected chi connectivity index (χ4v) is 2.04. The van der Waals surface area contributed by atoms with Crippen LogP contribution in [-0.2, 0) is 0 Å². The van der Waals surface area contributed by atoms with Crippen molar-refractivity contribution in [2.75, 3.05) is 0 Å². The lowest BCUT2D eigenvalue weighted by molar-refractivity contribution is -0.223. The van der Waals surface area contributed by atoms with Crippen molar-refractivity contribution < 1.29 is 18.3 Å². The Balaban J connectivity index is 2.51. The summed E-state index contributed by atoms with van der Waals surface area (Å²) in [5.74, 6) is -0.264. The van der Waals surface area contributed by atoms with Crippen molar-refractivity contribution in [2.45, 2.75) is 44.9 Å². The Bertz CT molecular complexity index is 167. The maximum atomic E-state index is 12.1. The van der Waals surface area contributed by atoms with Crippen molar-refractivity contribution in [3.63, 3.8) is 0 Å². The molecule has 1 saturated carbocycles. The number of alkyl halides is 3. The number of hydrogen-bond donors (Lipinski definition) is 1. The average molecular weight is 196 g/mol.